The number of nitrogens with two attached hydrogens (primary N) is 1. The normalized spacial score (nSPS) is 23.3. The van der Waals surface area contributed by atoms with Crippen LogP contribution in [0.2, 0.25) is 0 Å². The Labute approximate surface area is 259 Å². The number of nitrogens with zero attached hydrogens (tertiary/aromatic N) is 5. The molecule has 2 aromatic heterocycles. The number of fused-ring (bicyclic) bond motifs is 4. The molecule has 6 heterocycles. The zero-order valence-corrected chi connectivity index (χ0v) is 25.2. The van der Waals surface area contributed by atoms with Crippen molar-refractivity contribution in [2.75, 3.05) is 43.4 Å². The van der Waals surface area contributed by atoms with E-state index < -0.39 is 28.9 Å². The van der Waals surface area contributed by atoms with E-state index in [0.29, 0.717) is 13.2 Å². The highest BCUT2D eigenvalue weighted by Gasteiger charge is 2.45. The fraction of sp³-hybridized carbons (Fsp3) is 0.516. The number of hydrogen-bond donors (Lipinski definition) is 2. The molecule has 0 amide bonds. The van der Waals surface area contributed by atoms with Crippen molar-refractivity contribution in [3.63, 3.8) is 0 Å². The van der Waals surface area contributed by atoms with Gasteiger partial charge in [0.1, 0.15) is 23.8 Å². The van der Waals surface area contributed by atoms with Crippen molar-refractivity contribution in [2.45, 2.75) is 68.7 Å². The van der Waals surface area contributed by atoms with E-state index in [4.69, 9.17) is 15.5 Å². The van der Waals surface area contributed by atoms with Gasteiger partial charge in [-0.15, -0.1) is 0 Å². The summed E-state index contributed by atoms with van der Waals surface area (Å²) in [6.07, 6.45) is 1.64. The van der Waals surface area contributed by atoms with Gasteiger partial charge in [-0.1, -0.05) is 11.3 Å². The summed E-state index contributed by atoms with van der Waals surface area (Å²) in [6.45, 7) is 3.64. The van der Waals surface area contributed by atoms with Gasteiger partial charge >= 0.3 is 12.2 Å². The van der Waals surface area contributed by atoms with Gasteiger partial charge in [0, 0.05) is 35.1 Å². The molecule has 2 aromatic carbocycles. The third-order valence-electron chi connectivity index (χ3n) is 10.2. The Bertz CT molecular complexity index is 1800. The Balaban J connectivity index is 1.34. The maximum atomic E-state index is 16.9. The standard InChI is InChI=1S/C31H32F5N7OS/c32-19-6-5-16(25-26(19)45-28(37)39-25)22-18(31(34,35)36)14-17-24(23(22)33)40-29(44-15-30-8-2-11-42(30)12-3-9-30)41-27(17)43-13-1-4-20-21(43)7-10-38-20/h5-6,14,20-21,38H,1-4,7-13,15H2,(H2,37,39)/t20-,21?/m1/s1. The summed E-state index contributed by atoms with van der Waals surface area (Å²) in [6, 6.07) is 3.14. The van der Waals surface area contributed by atoms with Crippen molar-refractivity contribution in [1.82, 2.24) is 25.2 Å². The molecule has 14 heteroatoms. The molecule has 45 heavy (non-hydrogen) atoms. The van der Waals surface area contributed by atoms with E-state index >= 15 is 4.39 Å². The zero-order chi connectivity index (χ0) is 31.1. The number of anilines is 2. The topological polar surface area (TPSA) is 92.4 Å². The Morgan fingerprint density at radius 1 is 1.02 bits per heavy atom. The molecule has 0 bridgehead atoms. The van der Waals surface area contributed by atoms with Crippen molar-refractivity contribution >= 4 is 43.4 Å². The van der Waals surface area contributed by atoms with Gasteiger partial charge in [0.05, 0.1) is 21.3 Å². The van der Waals surface area contributed by atoms with Crippen LogP contribution >= 0.6 is 11.3 Å². The van der Waals surface area contributed by atoms with Crippen LogP contribution in [0.1, 0.15) is 50.5 Å². The minimum Gasteiger partial charge on any atom is -0.461 e. The monoisotopic (exact) mass is 645 g/mol. The summed E-state index contributed by atoms with van der Waals surface area (Å²) in [5, 5.41) is 3.41. The van der Waals surface area contributed by atoms with Gasteiger partial charge in [0.15, 0.2) is 10.9 Å². The number of hydrogen-bond acceptors (Lipinski definition) is 9. The molecule has 4 aromatic rings. The van der Waals surface area contributed by atoms with Crippen LogP contribution in [-0.4, -0.2) is 70.3 Å². The lowest BCUT2D eigenvalue weighted by Gasteiger charge is -2.39. The maximum Gasteiger partial charge on any atom is 0.417 e. The lowest BCUT2D eigenvalue weighted by Crippen LogP contribution is -2.49. The lowest BCUT2D eigenvalue weighted by molar-refractivity contribution is -0.137. The molecule has 0 saturated carbocycles. The Hall–Kier alpha value is -3.36. The summed E-state index contributed by atoms with van der Waals surface area (Å²) in [5.41, 5.74) is 3.09. The van der Waals surface area contributed by atoms with Crippen LogP contribution in [0.15, 0.2) is 18.2 Å². The van der Waals surface area contributed by atoms with Gasteiger partial charge < -0.3 is 20.7 Å². The predicted octanol–water partition coefficient (Wildman–Crippen LogP) is 6.12. The van der Waals surface area contributed by atoms with Crippen molar-refractivity contribution in [2.24, 2.45) is 0 Å². The van der Waals surface area contributed by atoms with Crippen LogP contribution in [-0.2, 0) is 6.18 Å². The second kappa shape index (κ2) is 10.6. The molecule has 4 aliphatic heterocycles. The first kappa shape index (κ1) is 29.1. The van der Waals surface area contributed by atoms with Crippen molar-refractivity contribution in [3.8, 4) is 17.1 Å². The van der Waals surface area contributed by atoms with Crippen molar-refractivity contribution in [3.05, 3.63) is 35.4 Å². The molecule has 0 aliphatic carbocycles. The highest BCUT2D eigenvalue weighted by molar-refractivity contribution is 7.22. The summed E-state index contributed by atoms with van der Waals surface area (Å²) in [4.78, 5) is 17.7. The maximum absolute atomic E-state index is 16.9. The van der Waals surface area contributed by atoms with Gasteiger partial charge in [-0.2, -0.15) is 23.1 Å². The highest BCUT2D eigenvalue weighted by atomic mass is 32.1. The first-order chi connectivity index (χ1) is 21.6. The van der Waals surface area contributed by atoms with Gasteiger partial charge in [0.25, 0.3) is 0 Å². The minimum atomic E-state index is -4.95. The lowest BCUT2D eigenvalue weighted by atomic mass is 9.94. The Kier molecular flexibility index (Phi) is 6.84. The van der Waals surface area contributed by atoms with E-state index in [9.17, 15) is 17.6 Å². The molecule has 4 fully saturated rings. The molecule has 0 spiro atoms. The van der Waals surface area contributed by atoms with E-state index in [1.165, 1.54) is 0 Å². The van der Waals surface area contributed by atoms with Gasteiger partial charge in [-0.3, -0.25) is 4.90 Å². The number of piperidine rings is 1. The molecule has 1 unspecified atom stereocenters. The van der Waals surface area contributed by atoms with E-state index in [1.54, 1.807) is 0 Å². The summed E-state index contributed by atoms with van der Waals surface area (Å²) in [7, 11) is 0. The molecule has 8 rings (SSSR count). The second-order valence-electron chi connectivity index (χ2n) is 12.6. The second-order valence-corrected chi connectivity index (χ2v) is 13.7. The Morgan fingerprint density at radius 2 is 1.82 bits per heavy atom. The number of nitrogens with one attached hydrogen (secondary N) is 1. The number of alkyl halides is 3. The first-order valence-corrected chi connectivity index (χ1v) is 16.3. The largest absolute Gasteiger partial charge is 0.461 e. The van der Waals surface area contributed by atoms with Crippen molar-refractivity contribution < 1.29 is 26.7 Å². The van der Waals surface area contributed by atoms with E-state index in [-0.39, 0.29) is 61.3 Å². The fourth-order valence-electron chi connectivity index (χ4n) is 8.15. The number of ether oxygens (including phenoxy) is 1. The molecular formula is C31H32F5N7OS. The average molecular weight is 646 g/mol. The third kappa shape index (κ3) is 4.70. The molecule has 238 valence electrons. The molecule has 2 atom stereocenters. The fourth-order valence-corrected chi connectivity index (χ4v) is 8.91. The molecule has 0 radical (unpaired) electrons. The van der Waals surface area contributed by atoms with Crippen LogP contribution < -0.4 is 20.7 Å². The molecule has 4 saturated heterocycles. The van der Waals surface area contributed by atoms with Crippen LogP contribution in [0.5, 0.6) is 6.01 Å². The van der Waals surface area contributed by atoms with Crippen LogP contribution in [0.4, 0.5) is 32.9 Å². The van der Waals surface area contributed by atoms with E-state index in [2.05, 4.69) is 20.2 Å². The number of halogens is 5. The molecule has 8 nitrogen and oxygen atoms in total. The molecular weight excluding hydrogens is 613 g/mol. The smallest absolute Gasteiger partial charge is 0.417 e. The molecule has 3 N–H and O–H groups in total. The summed E-state index contributed by atoms with van der Waals surface area (Å²) in [5.74, 6) is -1.65. The quantitative estimate of drug-likeness (QED) is 0.251. The minimum absolute atomic E-state index is 0.00442. The van der Waals surface area contributed by atoms with Crippen LogP contribution in [0.3, 0.4) is 0 Å². The van der Waals surface area contributed by atoms with Gasteiger partial charge in [0.2, 0.25) is 0 Å². The van der Waals surface area contributed by atoms with Crippen LogP contribution in [0, 0.1) is 11.6 Å². The van der Waals surface area contributed by atoms with Gasteiger partial charge in [-0.05, 0) is 82.8 Å². The van der Waals surface area contributed by atoms with E-state index in [0.717, 1.165) is 94.1 Å². The third-order valence-corrected chi connectivity index (χ3v) is 11.0. The highest BCUT2D eigenvalue weighted by Crippen LogP contribution is 2.47. The van der Waals surface area contributed by atoms with Crippen LogP contribution in [0.25, 0.3) is 32.2 Å². The average Bonchev–Trinajstić information content (AvgIpc) is 3.79. The number of benzene rings is 2. The SMILES string of the molecule is Nc1nc2c(-c3c(C(F)(F)F)cc4c(N5CCC[C@H]6NCCC65)nc(OCC56CCCN5CCC6)nc4c3F)ccc(F)c2s1. The Morgan fingerprint density at radius 3 is 2.60 bits per heavy atom. The number of aromatic nitrogens is 3. The number of thiazole rings is 1. The molecule has 4 aliphatic rings. The summed E-state index contributed by atoms with van der Waals surface area (Å²) >= 11 is 0.794. The zero-order valence-electron chi connectivity index (χ0n) is 24.4. The number of nitrogen functional groups attached to an aromatic ring is 1. The van der Waals surface area contributed by atoms with Gasteiger partial charge in [-0.25, -0.2) is 13.8 Å². The summed E-state index contributed by atoms with van der Waals surface area (Å²) < 4.78 is 82.3. The van der Waals surface area contributed by atoms with E-state index in [1.807, 2.05) is 4.90 Å². The first-order valence-electron chi connectivity index (χ1n) is 15.5. The van der Waals surface area contributed by atoms with Crippen molar-refractivity contribution in [1.29, 1.82) is 0 Å². The predicted molar refractivity (Wildman–Crippen MR) is 163 cm³/mol. The number of rotatable bonds is 5.